The van der Waals surface area contributed by atoms with Crippen LogP contribution in [0.15, 0.2) is 121 Å². The van der Waals surface area contributed by atoms with E-state index in [4.69, 9.17) is 30.1 Å². The summed E-state index contributed by atoms with van der Waals surface area (Å²) in [5, 5.41) is 0. The van der Waals surface area contributed by atoms with Gasteiger partial charge >= 0.3 is 0 Å². The summed E-state index contributed by atoms with van der Waals surface area (Å²) < 4.78 is 32.3. The van der Waals surface area contributed by atoms with Crippen molar-refractivity contribution in [2.45, 2.75) is 56.9 Å². The standard InChI is InChI=1S/C36H36O5/c1-2-32-34(38-24-29-17-9-4-10-18-29)36(40-26-31-21-13-6-14-22-31)35(39-25-30-19-11-5-12-20-30)33(41-32)27-37-23-28-15-7-3-8-16-28/h1,3-22,32-36H,23-27H2/t32?,33-,34-,35-,36-/m1/s1. The summed E-state index contributed by atoms with van der Waals surface area (Å²) in [6, 6.07) is 40.2. The van der Waals surface area contributed by atoms with Crippen molar-refractivity contribution in [1.82, 2.24) is 0 Å². The monoisotopic (exact) mass is 548 g/mol. The summed E-state index contributed by atoms with van der Waals surface area (Å²) in [5.74, 6) is 2.81. The predicted octanol–water partition coefficient (Wildman–Crippen LogP) is 6.36. The van der Waals surface area contributed by atoms with Crippen molar-refractivity contribution in [2.24, 2.45) is 0 Å². The molecule has 4 aromatic carbocycles. The summed E-state index contributed by atoms with van der Waals surface area (Å²) in [4.78, 5) is 0. The highest BCUT2D eigenvalue weighted by Gasteiger charge is 2.48. The van der Waals surface area contributed by atoms with E-state index in [-0.39, 0.29) is 0 Å². The molecule has 1 fully saturated rings. The lowest BCUT2D eigenvalue weighted by Crippen LogP contribution is -2.60. The highest BCUT2D eigenvalue weighted by molar-refractivity contribution is 5.17. The Hall–Kier alpha value is -3.76. The van der Waals surface area contributed by atoms with Crippen molar-refractivity contribution in [3.8, 4) is 12.3 Å². The summed E-state index contributed by atoms with van der Waals surface area (Å²) in [5.41, 5.74) is 4.23. The Morgan fingerprint density at radius 3 is 1.34 bits per heavy atom. The minimum absolute atomic E-state index is 0.295. The zero-order chi connectivity index (χ0) is 28.1. The number of benzene rings is 4. The van der Waals surface area contributed by atoms with Gasteiger partial charge in [-0.05, 0) is 22.3 Å². The second-order valence-corrected chi connectivity index (χ2v) is 10.0. The Morgan fingerprint density at radius 2 is 0.902 bits per heavy atom. The molecule has 1 aliphatic heterocycles. The van der Waals surface area contributed by atoms with E-state index in [1.165, 1.54) is 0 Å². The molecule has 0 spiro atoms. The zero-order valence-corrected chi connectivity index (χ0v) is 23.1. The van der Waals surface area contributed by atoms with Crippen LogP contribution in [0.1, 0.15) is 22.3 Å². The number of hydrogen-bond donors (Lipinski definition) is 0. The average molecular weight is 549 g/mol. The average Bonchev–Trinajstić information content (AvgIpc) is 3.04. The van der Waals surface area contributed by atoms with E-state index >= 15 is 0 Å². The Morgan fingerprint density at radius 1 is 0.512 bits per heavy atom. The van der Waals surface area contributed by atoms with E-state index in [9.17, 15) is 0 Å². The molecule has 0 aliphatic carbocycles. The Kier molecular flexibility index (Phi) is 10.7. The first-order valence-electron chi connectivity index (χ1n) is 14.0. The first-order chi connectivity index (χ1) is 20.3. The van der Waals surface area contributed by atoms with Crippen molar-refractivity contribution in [3.05, 3.63) is 144 Å². The van der Waals surface area contributed by atoms with E-state index in [0.29, 0.717) is 33.0 Å². The van der Waals surface area contributed by atoms with Crippen molar-refractivity contribution in [3.63, 3.8) is 0 Å². The Labute approximate surface area is 243 Å². The third kappa shape index (κ3) is 8.37. The smallest absolute Gasteiger partial charge is 0.147 e. The Balaban J connectivity index is 1.39. The molecule has 4 aromatic rings. The van der Waals surface area contributed by atoms with Crippen LogP contribution >= 0.6 is 0 Å². The van der Waals surface area contributed by atoms with Gasteiger partial charge in [0.2, 0.25) is 0 Å². The van der Waals surface area contributed by atoms with Crippen LogP contribution in [0.5, 0.6) is 0 Å². The molecule has 0 saturated carbocycles. The van der Waals surface area contributed by atoms with Crippen LogP contribution in [0.4, 0.5) is 0 Å². The summed E-state index contributed by atoms with van der Waals surface area (Å²) >= 11 is 0. The second-order valence-electron chi connectivity index (χ2n) is 10.0. The van der Waals surface area contributed by atoms with Crippen LogP contribution in [-0.2, 0) is 50.1 Å². The molecule has 0 radical (unpaired) electrons. The molecule has 1 aliphatic rings. The number of terminal acetylenes is 1. The van der Waals surface area contributed by atoms with Crippen LogP contribution in [0, 0.1) is 12.3 Å². The van der Waals surface area contributed by atoms with E-state index in [2.05, 4.69) is 5.92 Å². The molecule has 5 atom stereocenters. The highest BCUT2D eigenvalue weighted by Crippen LogP contribution is 2.31. The van der Waals surface area contributed by atoms with Crippen molar-refractivity contribution < 1.29 is 23.7 Å². The molecule has 0 amide bonds. The van der Waals surface area contributed by atoms with Crippen LogP contribution in [0.25, 0.3) is 0 Å². The lowest BCUT2D eigenvalue weighted by molar-refractivity contribution is -0.261. The second kappa shape index (κ2) is 15.3. The van der Waals surface area contributed by atoms with Gasteiger partial charge in [0.05, 0.1) is 33.0 Å². The molecule has 1 unspecified atom stereocenters. The maximum Gasteiger partial charge on any atom is 0.147 e. The fourth-order valence-corrected chi connectivity index (χ4v) is 4.92. The lowest BCUT2D eigenvalue weighted by Gasteiger charge is -2.44. The molecule has 5 heteroatoms. The van der Waals surface area contributed by atoms with E-state index in [1.807, 2.05) is 121 Å². The van der Waals surface area contributed by atoms with Crippen molar-refractivity contribution >= 4 is 0 Å². The van der Waals surface area contributed by atoms with Gasteiger partial charge < -0.3 is 23.7 Å². The topological polar surface area (TPSA) is 46.2 Å². The Bertz CT molecular complexity index is 1320. The van der Waals surface area contributed by atoms with Gasteiger partial charge in [0.1, 0.15) is 30.5 Å². The predicted molar refractivity (Wildman–Crippen MR) is 159 cm³/mol. The largest absolute Gasteiger partial charge is 0.374 e. The van der Waals surface area contributed by atoms with E-state index in [0.717, 1.165) is 22.3 Å². The fraction of sp³-hybridized carbons (Fsp3) is 0.278. The highest BCUT2D eigenvalue weighted by atomic mass is 16.6. The first-order valence-corrected chi connectivity index (χ1v) is 14.0. The van der Waals surface area contributed by atoms with Gasteiger partial charge in [-0.2, -0.15) is 0 Å². The molecular weight excluding hydrogens is 512 g/mol. The van der Waals surface area contributed by atoms with Crippen LogP contribution < -0.4 is 0 Å². The molecule has 41 heavy (non-hydrogen) atoms. The van der Waals surface area contributed by atoms with E-state index < -0.39 is 30.5 Å². The van der Waals surface area contributed by atoms with Gasteiger partial charge in [0.15, 0.2) is 0 Å². The molecule has 1 heterocycles. The quantitative estimate of drug-likeness (QED) is 0.182. The summed E-state index contributed by atoms with van der Waals surface area (Å²) in [6.07, 6.45) is 3.41. The molecule has 0 aromatic heterocycles. The first kappa shape index (κ1) is 28.8. The molecule has 0 N–H and O–H groups in total. The van der Waals surface area contributed by atoms with Gasteiger partial charge in [-0.3, -0.25) is 0 Å². The SMILES string of the molecule is C#CC1O[C@H](COCc2ccccc2)[C@@H](OCc2ccccc2)[C@H](OCc2ccccc2)[C@@H]1OCc1ccccc1. The molecular formula is C36H36O5. The van der Waals surface area contributed by atoms with Crippen molar-refractivity contribution in [1.29, 1.82) is 0 Å². The summed E-state index contributed by atoms with van der Waals surface area (Å²) in [7, 11) is 0. The number of rotatable bonds is 13. The third-order valence-corrected chi connectivity index (χ3v) is 7.05. The number of ether oxygens (including phenoxy) is 5. The van der Waals surface area contributed by atoms with Gasteiger partial charge in [0, 0.05) is 0 Å². The van der Waals surface area contributed by atoms with Gasteiger partial charge in [-0.25, -0.2) is 0 Å². The summed E-state index contributed by atoms with van der Waals surface area (Å²) in [6.45, 7) is 1.90. The lowest BCUT2D eigenvalue weighted by atomic mass is 9.94. The fourth-order valence-electron chi connectivity index (χ4n) is 4.92. The minimum atomic E-state index is -0.638. The molecule has 210 valence electrons. The van der Waals surface area contributed by atoms with Crippen LogP contribution in [0.2, 0.25) is 0 Å². The molecule has 0 bridgehead atoms. The molecule has 5 rings (SSSR count). The van der Waals surface area contributed by atoms with Gasteiger partial charge in [-0.15, -0.1) is 6.42 Å². The van der Waals surface area contributed by atoms with E-state index in [1.54, 1.807) is 0 Å². The van der Waals surface area contributed by atoms with Crippen LogP contribution in [-0.4, -0.2) is 37.1 Å². The minimum Gasteiger partial charge on any atom is -0.374 e. The third-order valence-electron chi connectivity index (χ3n) is 7.05. The van der Waals surface area contributed by atoms with Gasteiger partial charge in [-0.1, -0.05) is 127 Å². The maximum atomic E-state index is 6.62. The zero-order valence-electron chi connectivity index (χ0n) is 23.1. The van der Waals surface area contributed by atoms with Crippen LogP contribution in [0.3, 0.4) is 0 Å². The molecule has 1 saturated heterocycles. The normalized spacial score (nSPS) is 22.2. The molecule has 5 nitrogen and oxygen atoms in total. The number of hydrogen-bond acceptors (Lipinski definition) is 5. The maximum absolute atomic E-state index is 6.62. The van der Waals surface area contributed by atoms with Crippen molar-refractivity contribution in [2.75, 3.05) is 6.61 Å². The van der Waals surface area contributed by atoms with Gasteiger partial charge in [0.25, 0.3) is 0 Å².